The molecule has 2 saturated heterocycles. The van der Waals surface area contributed by atoms with E-state index in [9.17, 15) is 13.2 Å². The Morgan fingerprint density at radius 2 is 1.68 bits per heavy atom. The lowest BCUT2D eigenvalue weighted by atomic mass is 9.97. The second kappa shape index (κ2) is 6.90. The Morgan fingerprint density at radius 3 is 2.26 bits per heavy atom. The lowest BCUT2D eigenvalue weighted by Gasteiger charge is -2.38. The van der Waals surface area contributed by atoms with E-state index in [0.717, 1.165) is 38.8 Å². The molecular weight excluding hydrogens is 257 g/mol. The lowest BCUT2D eigenvalue weighted by Crippen LogP contribution is -2.49. The van der Waals surface area contributed by atoms with E-state index in [1.807, 2.05) is 0 Å². The van der Waals surface area contributed by atoms with E-state index in [2.05, 4.69) is 5.32 Å². The zero-order valence-electron chi connectivity index (χ0n) is 11.2. The van der Waals surface area contributed by atoms with Crippen LogP contribution >= 0.6 is 0 Å². The molecule has 0 bridgehead atoms. The largest absolute Gasteiger partial charge is 0.401 e. The number of ether oxygens (including phenoxy) is 1. The van der Waals surface area contributed by atoms with Crippen molar-refractivity contribution in [1.82, 2.24) is 10.2 Å². The number of piperidine rings is 1. The summed E-state index contributed by atoms with van der Waals surface area (Å²) in [7, 11) is 0. The van der Waals surface area contributed by atoms with Gasteiger partial charge in [0.2, 0.25) is 0 Å². The minimum atomic E-state index is -4.10. The Balaban J connectivity index is 1.91. The van der Waals surface area contributed by atoms with Crippen LogP contribution in [-0.4, -0.2) is 56.5 Å². The molecule has 0 saturated carbocycles. The number of hydrogen-bond acceptors (Lipinski definition) is 3. The van der Waals surface area contributed by atoms with Crippen molar-refractivity contribution in [3.63, 3.8) is 0 Å². The minimum Gasteiger partial charge on any atom is -0.381 e. The molecule has 0 amide bonds. The van der Waals surface area contributed by atoms with Gasteiger partial charge in [0, 0.05) is 25.8 Å². The van der Waals surface area contributed by atoms with E-state index >= 15 is 0 Å². The Bertz CT molecular complexity index is 261. The van der Waals surface area contributed by atoms with E-state index < -0.39 is 12.7 Å². The summed E-state index contributed by atoms with van der Waals surface area (Å²) >= 11 is 0. The van der Waals surface area contributed by atoms with Gasteiger partial charge < -0.3 is 10.1 Å². The molecule has 0 radical (unpaired) electrons. The molecule has 0 atom stereocenters. The third-order valence-corrected chi connectivity index (χ3v) is 4.04. The molecular formula is C13H23F3N2O. The predicted octanol–water partition coefficient (Wildman–Crippen LogP) is 2.03. The maximum Gasteiger partial charge on any atom is 0.401 e. The van der Waals surface area contributed by atoms with Crippen molar-refractivity contribution >= 4 is 0 Å². The van der Waals surface area contributed by atoms with Crippen LogP contribution in [0, 0.1) is 5.92 Å². The number of rotatable bonds is 4. The normalized spacial score (nSPS) is 24.0. The van der Waals surface area contributed by atoms with Gasteiger partial charge in [-0.1, -0.05) is 0 Å². The molecule has 0 unspecified atom stereocenters. The van der Waals surface area contributed by atoms with Crippen LogP contribution in [0.5, 0.6) is 0 Å². The van der Waals surface area contributed by atoms with Crippen molar-refractivity contribution in [3.05, 3.63) is 0 Å². The van der Waals surface area contributed by atoms with Crippen molar-refractivity contribution in [1.29, 1.82) is 0 Å². The summed E-state index contributed by atoms with van der Waals surface area (Å²) in [6, 6.07) is 0.0747. The summed E-state index contributed by atoms with van der Waals surface area (Å²) < 4.78 is 43.5. The summed E-state index contributed by atoms with van der Waals surface area (Å²) in [5, 5.41) is 3.21. The fourth-order valence-electron chi connectivity index (χ4n) is 3.01. The first-order valence-electron chi connectivity index (χ1n) is 7.14. The molecule has 0 aliphatic carbocycles. The molecule has 2 aliphatic rings. The summed E-state index contributed by atoms with van der Waals surface area (Å²) in [5.74, 6) is 0.353. The highest BCUT2D eigenvalue weighted by Gasteiger charge is 2.35. The average Bonchev–Trinajstić information content (AvgIpc) is 2.39. The predicted molar refractivity (Wildman–Crippen MR) is 67.1 cm³/mol. The molecule has 2 heterocycles. The van der Waals surface area contributed by atoms with Crippen LogP contribution in [0.25, 0.3) is 0 Å². The summed E-state index contributed by atoms with van der Waals surface area (Å²) in [6.07, 6.45) is -0.687. The average molecular weight is 280 g/mol. The number of hydrogen-bond donors (Lipinski definition) is 1. The molecule has 2 aliphatic heterocycles. The lowest BCUT2D eigenvalue weighted by molar-refractivity contribution is -0.154. The van der Waals surface area contributed by atoms with Crippen LogP contribution in [0.15, 0.2) is 0 Å². The number of alkyl halides is 3. The highest BCUT2D eigenvalue weighted by molar-refractivity contribution is 4.81. The first kappa shape index (κ1) is 15.1. The zero-order chi connectivity index (χ0) is 13.7. The second-order valence-electron chi connectivity index (χ2n) is 5.58. The molecule has 0 aromatic heterocycles. The van der Waals surface area contributed by atoms with E-state index in [-0.39, 0.29) is 6.04 Å². The van der Waals surface area contributed by atoms with Crippen LogP contribution in [0.2, 0.25) is 0 Å². The highest BCUT2D eigenvalue weighted by Crippen LogP contribution is 2.25. The van der Waals surface area contributed by atoms with Crippen LogP contribution in [0.3, 0.4) is 0 Å². The van der Waals surface area contributed by atoms with Crippen LogP contribution in [-0.2, 0) is 4.74 Å². The Labute approximate surface area is 112 Å². The van der Waals surface area contributed by atoms with Crippen molar-refractivity contribution in [2.75, 3.05) is 39.4 Å². The maximum atomic E-state index is 12.7. The summed E-state index contributed by atoms with van der Waals surface area (Å²) in [5.41, 5.74) is 0. The fourth-order valence-corrected chi connectivity index (χ4v) is 3.01. The molecule has 112 valence electrons. The number of nitrogens with one attached hydrogen (secondary N) is 1. The van der Waals surface area contributed by atoms with E-state index in [0.29, 0.717) is 25.7 Å². The number of nitrogens with zero attached hydrogens (tertiary/aromatic N) is 1. The molecule has 6 heteroatoms. The van der Waals surface area contributed by atoms with Crippen LogP contribution in [0.1, 0.15) is 25.7 Å². The topological polar surface area (TPSA) is 24.5 Å². The maximum absolute atomic E-state index is 12.7. The summed E-state index contributed by atoms with van der Waals surface area (Å²) in [6.45, 7) is 2.83. The van der Waals surface area contributed by atoms with E-state index in [4.69, 9.17) is 4.74 Å². The smallest absolute Gasteiger partial charge is 0.381 e. The van der Waals surface area contributed by atoms with Gasteiger partial charge in [0.1, 0.15) is 0 Å². The van der Waals surface area contributed by atoms with Crippen molar-refractivity contribution in [2.24, 2.45) is 5.92 Å². The first-order chi connectivity index (χ1) is 9.04. The van der Waals surface area contributed by atoms with Gasteiger partial charge in [0.05, 0.1) is 6.54 Å². The fraction of sp³-hybridized carbons (Fsp3) is 1.00. The molecule has 0 spiro atoms. The van der Waals surface area contributed by atoms with Gasteiger partial charge in [-0.05, 0) is 44.7 Å². The highest BCUT2D eigenvalue weighted by atomic mass is 19.4. The van der Waals surface area contributed by atoms with Crippen LogP contribution in [0.4, 0.5) is 13.2 Å². The van der Waals surface area contributed by atoms with E-state index in [1.165, 1.54) is 0 Å². The Hall–Kier alpha value is -0.330. The first-order valence-corrected chi connectivity index (χ1v) is 7.14. The molecule has 2 fully saturated rings. The standard InChI is InChI=1S/C13H23F3N2O/c14-13(15,16)10-18(12-1-5-17-6-2-12)9-11-3-7-19-8-4-11/h11-12,17H,1-10H2. The van der Waals surface area contributed by atoms with Crippen molar-refractivity contribution in [2.45, 2.75) is 37.9 Å². The molecule has 0 aromatic rings. The van der Waals surface area contributed by atoms with Gasteiger partial charge >= 0.3 is 6.18 Å². The molecule has 19 heavy (non-hydrogen) atoms. The monoisotopic (exact) mass is 280 g/mol. The second-order valence-corrected chi connectivity index (χ2v) is 5.58. The zero-order valence-corrected chi connectivity index (χ0v) is 11.2. The van der Waals surface area contributed by atoms with Gasteiger partial charge in [0.25, 0.3) is 0 Å². The minimum absolute atomic E-state index is 0.0747. The van der Waals surface area contributed by atoms with Gasteiger partial charge in [-0.15, -0.1) is 0 Å². The van der Waals surface area contributed by atoms with Gasteiger partial charge in [-0.3, -0.25) is 4.90 Å². The molecule has 0 aromatic carbocycles. The Kier molecular flexibility index (Phi) is 5.47. The van der Waals surface area contributed by atoms with Crippen molar-refractivity contribution < 1.29 is 17.9 Å². The molecule has 2 rings (SSSR count). The van der Waals surface area contributed by atoms with Crippen molar-refractivity contribution in [3.8, 4) is 0 Å². The molecule has 1 N–H and O–H groups in total. The van der Waals surface area contributed by atoms with Gasteiger partial charge in [-0.25, -0.2) is 0 Å². The van der Waals surface area contributed by atoms with E-state index in [1.54, 1.807) is 4.90 Å². The third-order valence-electron chi connectivity index (χ3n) is 4.04. The Morgan fingerprint density at radius 1 is 1.05 bits per heavy atom. The third kappa shape index (κ3) is 5.28. The quantitative estimate of drug-likeness (QED) is 0.853. The SMILES string of the molecule is FC(F)(F)CN(CC1CCOCC1)C1CCNCC1. The number of halogens is 3. The molecule has 3 nitrogen and oxygen atoms in total. The van der Waals surface area contributed by atoms with Gasteiger partial charge in [-0.2, -0.15) is 13.2 Å². The summed E-state index contributed by atoms with van der Waals surface area (Å²) in [4.78, 5) is 1.66. The van der Waals surface area contributed by atoms with Crippen LogP contribution < -0.4 is 5.32 Å². The van der Waals surface area contributed by atoms with Gasteiger partial charge in [0.15, 0.2) is 0 Å².